The number of benzene rings is 1. The van der Waals surface area contributed by atoms with Crippen LogP contribution in [0.1, 0.15) is 20.8 Å². The maximum absolute atomic E-state index is 12.3. The molecule has 2 aromatic rings. The molecule has 2 nitrogen and oxygen atoms in total. The molecule has 0 fully saturated rings. The average molecular weight is 309 g/mol. The van der Waals surface area contributed by atoms with Gasteiger partial charge in [0.05, 0.1) is 20.8 Å². The van der Waals surface area contributed by atoms with Gasteiger partial charge in [0, 0.05) is 6.42 Å². The molecule has 0 amide bonds. The molecule has 3 rings (SSSR count). The first kappa shape index (κ1) is 11.0. The highest BCUT2D eigenvalue weighted by Gasteiger charge is 2.22. The summed E-state index contributed by atoms with van der Waals surface area (Å²) in [6, 6.07) is 9.50. The smallest absolute Gasteiger partial charge is 0.206 e. The van der Waals surface area contributed by atoms with Gasteiger partial charge in [-0.1, -0.05) is 12.1 Å². The van der Waals surface area contributed by atoms with Crippen LogP contribution in [-0.4, -0.2) is 12.4 Å². The number of ether oxygens (including phenoxy) is 1. The first-order valence-electron chi connectivity index (χ1n) is 5.30. The number of fused-ring (bicyclic) bond motifs is 1. The van der Waals surface area contributed by atoms with Crippen LogP contribution in [0, 0.1) is 0 Å². The summed E-state index contributed by atoms with van der Waals surface area (Å²) in [5.74, 6) is 0.807. The van der Waals surface area contributed by atoms with Gasteiger partial charge in [0.1, 0.15) is 5.75 Å². The number of carbonyl (C=O) groups excluding carboxylic acids is 1. The Bertz CT molecular complexity index is 589. The number of hydrogen-bond donors (Lipinski definition) is 0. The topological polar surface area (TPSA) is 26.3 Å². The molecule has 0 atom stereocenters. The van der Waals surface area contributed by atoms with E-state index in [2.05, 4.69) is 15.9 Å². The summed E-state index contributed by atoms with van der Waals surface area (Å²) < 4.78 is 6.52. The maximum atomic E-state index is 12.3. The zero-order valence-corrected chi connectivity index (χ0v) is 11.3. The zero-order chi connectivity index (χ0) is 11.8. The van der Waals surface area contributed by atoms with Gasteiger partial charge >= 0.3 is 0 Å². The SMILES string of the molecule is O=C(c1ccc(Br)s1)c1cccc2c1OCC2. The minimum absolute atomic E-state index is 0.0412. The molecule has 1 aromatic heterocycles. The summed E-state index contributed by atoms with van der Waals surface area (Å²) in [7, 11) is 0. The van der Waals surface area contributed by atoms with E-state index < -0.39 is 0 Å². The molecule has 17 heavy (non-hydrogen) atoms. The van der Waals surface area contributed by atoms with Crippen molar-refractivity contribution in [2.24, 2.45) is 0 Å². The maximum Gasteiger partial charge on any atom is 0.206 e. The van der Waals surface area contributed by atoms with Gasteiger partial charge in [-0.15, -0.1) is 11.3 Å². The second kappa shape index (κ2) is 4.27. The average Bonchev–Trinajstić information content (AvgIpc) is 2.95. The lowest BCUT2D eigenvalue weighted by molar-refractivity contribution is 0.103. The van der Waals surface area contributed by atoms with Crippen LogP contribution in [0.4, 0.5) is 0 Å². The minimum atomic E-state index is 0.0412. The fourth-order valence-electron chi connectivity index (χ4n) is 1.96. The molecule has 0 saturated carbocycles. The molecule has 2 heterocycles. The van der Waals surface area contributed by atoms with E-state index in [0.29, 0.717) is 12.2 Å². The van der Waals surface area contributed by atoms with E-state index in [9.17, 15) is 4.79 Å². The highest BCUT2D eigenvalue weighted by molar-refractivity contribution is 9.11. The summed E-state index contributed by atoms with van der Waals surface area (Å²) >= 11 is 4.82. The second-order valence-electron chi connectivity index (χ2n) is 3.83. The molecular formula is C13H9BrO2S. The Labute approximate surface area is 111 Å². The fourth-order valence-corrected chi connectivity index (χ4v) is 3.30. The third-order valence-corrected chi connectivity index (χ3v) is 4.38. The fraction of sp³-hybridized carbons (Fsp3) is 0.154. The van der Waals surface area contributed by atoms with Gasteiger partial charge in [0.15, 0.2) is 0 Å². The molecule has 0 saturated heterocycles. The van der Waals surface area contributed by atoms with Crippen LogP contribution >= 0.6 is 27.3 Å². The molecule has 0 N–H and O–H groups in total. The molecule has 0 spiro atoms. The van der Waals surface area contributed by atoms with Crippen molar-refractivity contribution >= 4 is 33.0 Å². The van der Waals surface area contributed by atoms with E-state index in [1.807, 2.05) is 30.3 Å². The van der Waals surface area contributed by atoms with Crippen molar-refractivity contribution in [2.75, 3.05) is 6.61 Å². The summed E-state index contributed by atoms with van der Waals surface area (Å²) in [5.41, 5.74) is 1.81. The molecule has 4 heteroatoms. The van der Waals surface area contributed by atoms with Crippen LogP contribution in [0.25, 0.3) is 0 Å². The van der Waals surface area contributed by atoms with E-state index in [1.54, 1.807) is 0 Å². The molecule has 0 unspecified atom stereocenters. The standard InChI is InChI=1S/C13H9BrO2S/c14-11-5-4-10(17-11)12(15)9-3-1-2-8-6-7-16-13(8)9/h1-5H,6-7H2. The first-order chi connectivity index (χ1) is 8.25. The Balaban J connectivity index is 2.05. The van der Waals surface area contributed by atoms with Gasteiger partial charge in [-0.3, -0.25) is 4.79 Å². The van der Waals surface area contributed by atoms with Crippen molar-refractivity contribution in [3.05, 3.63) is 50.1 Å². The van der Waals surface area contributed by atoms with Crippen LogP contribution in [0.3, 0.4) is 0 Å². The van der Waals surface area contributed by atoms with Gasteiger partial charge in [0.2, 0.25) is 5.78 Å². The number of ketones is 1. The molecule has 0 bridgehead atoms. The van der Waals surface area contributed by atoms with Gasteiger partial charge < -0.3 is 4.74 Å². The lowest BCUT2D eigenvalue weighted by Crippen LogP contribution is -2.01. The zero-order valence-electron chi connectivity index (χ0n) is 8.90. The predicted octanol–water partition coefficient (Wildman–Crippen LogP) is 3.68. The van der Waals surface area contributed by atoms with E-state index in [4.69, 9.17) is 4.74 Å². The van der Waals surface area contributed by atoms with E-state index in [1.165, 1.54) is 11.3 Å². The number of hydrogen-bond acceptors (Lipinski definition) is 3. The van der Waals surface area contributed by atoms with Gasteiger partial charge in [-0.25, -0.2) is 0 Å². The number of halogens is 1. The van der Waals surface area contributed by atoms with Crippen LogP contribution in [0.5, 0.6) is 5.75 Å². The van der Waals surface area contributed by atoms with Crippen molar-refractivity contribution in [2.45, 2.75) is 6.42 Å². The molecule has 1 aliphatic rings. The number of rotatable bonds is 2. The number of para-hydroxylation sites is 1. The molecule has 86 valence electrons. The molecule has 0 radical (unpaired) electrons. The lowest BCUT2D eigenvalue weighted by atomic mass is 10.0. The normalized spacial score (nSPS) is 13.2. The quantitative estimate of drug-likeness (QED) is 0.791. The second-order valence-corrected chi connectivity index (χ2v) is 6.29. The summed E-state index contributed by atoms with van der Waals surface area (Å²) in [6.07, 6.45) is 0.893. The third kappa shape index (κ3) is 1.91. The minimum Gasteiger partial charge on any atom is -0.492 e. The van der Waals surface area contributed by atoms with E-state index in [-0.39, 0.29) is 5.78 Å². The Morgan fingerprint density at radius 2 is 2.18 bits per heavy atom. The van der Waals surface area contributed by atoms with Crippen molar-refractivity contribution in [1.29, 1.82) is 0 Å². The van der Waals surface area contributed by atoms with Gasteiger partial charge in [0.25, 0.3) is 0 Å². The third-order valence-electron chi connectivity index (χ3n) is 2.76. The van der Waals surface area contributed by atoms with Crippen LogP contribution in [-0.2, 0) is 6.42 Å². The van der Waals surface area contributed by atoms with Crippen molar-refractivity contribution in [3.63, 3.8) is 0 Å². The summed E-state index contributed by atoms with van der Waals surface area (Å²) in [5, 5.41) is 0. The van der Waals surface area contributed by atoms with Crippen LogP contribution < -0.4 is 4.74 Å². The Morgan fingerprint density at radius 3 is 2.94 bits per heavy atom. The number of thiophene rings is 1. The Hall–Kier alpha value is -1.13. The predicted molar refractivity (Wildman–Crippen MR) is 71.1 cm³/mol. The highest BCUT2D eigenvalue weighted by atomic mass is 79.9. The molecular weight excluding hydrogens is 300 g/mol. The molecule has 1 aromatic carbocycles. The Kier molecular flexibility index (Phi) is 2.76. The van der Waals surface area contributed by atoms with Crippen molar-refractivity contribution in [1.82, 2.24) is 0 Å². The van der Waals surface area contributed by atoms with Gasteiger partial charge in [-0.05, 0) is 39.7 Å². The van der Waals surface area contributed by atoms with Crippen molar-refractivity contribution < 1.29 is 9.53 Å². The first-order valence-corrected chi connectivity index (χ1v) is 6.91. The van der Waals surface area contributed by atoms with Crippen LogP contribution in [0.2, 0.25) is 0 Å². The van der Waals surface area contributed by atoms with Crippen LogP contribution in [0.15, 0.2) is 34.1 Å². The Morgan fingerprint density at radius 1 is 1.29 bits per heavy atom. The lowest BCUT2D eigenvalue weighted by Gasteiger charge is -2.05. The largest absolute Gasteiger partial charge is 0.492 e. The van der Waals surface area contributed by atoms with E-state index >= 15 is 0 Å². The summed E-state index contributed by atoms with van der Waals surface area (Å²) in [4.78, 5) is 13.1. The molecule has 1 aliphatic heterocycles. The van der Waals surface area contributed by atoms with E-state index in [0.717, 1.165) is 26.4 Å². The summed E-state index contributed by atoms with van der Waals surface area (Å²) in [6.45, 7) is 0.674. The van der Waals surface area contributed by atoms with Gasteiger partial charge in [-0.2, -0.15) is 0 Å². The monoisotopic (exact) mass is 308 g/mol. The number of carbonyl (C=O) groups is 1. The molecule has 0 aliphatic carbocycles. The van der Waals surface area contributed by atoms with Crippen molar-refractivity contribution in [3.8, 4) is 5.75 Å². The highest BCUT2D eigenvalue weighted by Crippen LogP contribution is 2.33.